The second kappa shape index (κ2) is 5.25. The number of amides is 1. The molecule has 0 radical (unpaired) electrons. The number of hydrogen-bond donors (Lipinski definition) is 2. The fourth-order valence-corrected chi connectivity index (χ4v) is 2.20. The molecule has 0 saturated carbocycles. The highest BCUT2D eigenvalue weighted by Crippen LogP contribution is 2.26. The Hall–Kier alpha value is -2.88. The second-order valence-electron chi connectivity index (χ2n) is 4.92. The Labute approximate surface area is 122 Å². The van der Waals surface area contributed by atoms with E-state index in [1.54, 1.807) is 18.3 Å². The van der Waals surface area contributed by atoms with Crippen molar-refractivity contribution in [1.29, 1.82) is 0 Å². The van der Waals surface area contributed by atoms with Crippen molar-refractivity contribution >= 4 is 28.2 Å². The van der Waals surface area contributed by atoms with Crippen molar-refractivity contribution in [3.8, 4) is 0 Å². The molecule has 0 saturated heterocycles. The van der Waals surface area contributed by atoms with Crippen molar-refractivity contribution in [3.05, 3.63) is 65.9 Å². The first-order valence-corrected chi connectivity index (χ1v) is 6.66. The molecule has 0 aliphatic rings. The number of nitrogens with zero attached hydrogens (tertiary/aromatic N) is 1. The second-order valence-corrected chi connectivity index (χ2v) is 4.92. The van der Waals surface area contributed by atoms with Crippen LogP contribution >= 0.6 is 0 Å². The molecule has 0 aliphatic heterocycles. The summed E-state index contributed by atoms with van der Waals surface area (Å²) in [6.07, 6.45) is 1.68. The first-order valence-electron chi connectivity index (χ1n) is 6.66. The molecule has 1 amide bonds. The Kier molecular flexibility index (Phi) is 3.28. The van der Waals surface area contributed by atoms with E-state index in [1.807, 2.05) is 43.3 Å². The van der Waals surface area contributed by atoms with E-state index in [-0.39, 0.29) is 5.91 Å². The highest BCUT2D eigenvalue weighted by molar-refractivity contribution is 6.10. The zero-order valence-corrected chi connectivity index (χ0v) is 11.6. The minimum absolute atomic E-state index is 0.148. The van der Waals surface area contributed by atoms with Gasteiger partial charge in [-0.15, -0.1) is 0 Å². The van der Waals surface area contributed by atoms with E-state index in [2.05, 4.69) is 10.3 Å². The summed E-state index contributed by atoms with van der Waals surface area (Å²) in [5.74, 6) is -0.148. The lowest BCUT2D eigenvalue weighted by Crippen LogP contribution is -2.12. The molecule has 21 heavy (non-hydrogen) atoms. The Morgan fingerprint density at radius 2 is 1.86 bits per heavy atom. The summed E-state index contributed by atoms with van der Waals surface area (Å²) in [6.45, 7) is 1.99. The van der Waals surface area contributed by atoms with Crippen LogP contribution in [0.25, 0.3) is 10.9 Å². The third kappa shape index (κ3) is 2.56. The molecule has 1 aromatic heterocycles. The lowest BCUT2D eigenvalue weighted by molar-refractivity contribution is 0.102. The number of aryl methyl sites for hydroxylation is 1. The Balaban J connectivity index is 1.97. The summed E-state index contributed by atoms with van der Waals surface area (Å²) in [5.41, 5.74) is 9.64. The first kappa shape index (κ1) is 13.1. The number of nitrogen functional groups attached to an aromatic ring is 1. The van der Waals surface area contributed by atoms with E-state index >= 15 is 0 Å². The van der Waals surface area contributed by atoms with Gasteiger partial charge >= 0.3 is 0 Å². The van der Waals surface area contributed by atoms with E-state index in [0.29, 0.717) is 22.5 Å². The molecule has 3 N–H and O–H groups in total. The minimum atomic E-state index is -0.148. The summed E-state index contributed by atoms with van der Waals surface area (Å²) in [4.78, 5) is 16.5. The molecule has 0 bridgehead atoms. The molecule has 0 atom stereocenters. The van der Waals surface area contributed by atoms with Gasteiger partial charge < -0.3 is 11.1 Å². The van der Waals surface area contributed by atoms with Crippen LogP contribution in [0.4, 0.5) is 11.4 Å². The average molecular weight is 277 g/mol. The van der Waals surface area contributed by atoms with Crippen molar-refractivity contribution in [2.45, 2.75) is 6.92 Å². The van der Waals surface area contributed by atoms with Gasteiger partial charge in [0.25, 0.3) is 5.91 Å². The van der Waals surface area contributed by atoms with Crippen molar-refractivity contribution in [3.63, 3.8) is 0 Å². The molecule has 0 unspecified atom stereocenters. The Bertz CT molecular complexity index is 810. The molecule has 0 spiro atoms. The number of benzene rings is 2. The van der Waals surface area contributed by atoms with Gasteiger partial charge in [0, 0.05) is 17.1 Å². The van der Waals surface area contributed by atoms with Gasteiger partial charge in [-0.1, -0.05) is 17.7 Å². The van der Waals surface area contributed by atoms with Crippen molar-refractivity contribution < 1.29 is 4.79 Å². The van der Waals surface area contributed by atoms with Crippen LogP contribution in [0.1, 0.15) is 15.9 Å². The SMILES string of the molecule is Cc1ccc(C(=O)Nc2ccc(N)c3ncccc23)cc1. The van der Waals surface area contributed by atoms with E-state index in [9.17, 15) is 4.79 Å². The summed E-state index contributed by atoms with van der Waals surface area (Å²) < 4.78 is 0. The monoisotopic (exact) mass is 277 g/mol. The number of rotatable bonds is 2. The van der Waals surface area contributed by atoms with Crippen LogP contribution < -0.4 is 11.1 Å². The number of hydrogen-bond acceptors (Lipinski definition) is 3. The normalized spacial score (nSPS) is 10.5. The number of anilines is 2. The summed E-state index contributed by atoms with van der Waals surface area (Å²) >= 11 is 0. The van der Waals surface area contributed by atoms with Gasteiger partial charge in [0.05, 0.1) is 16.9 Å². The summed E-state index contributed by atoms with van der Waals surface area (Å²) in [5, 5.41) is 3.74. The number of carbonyl (C=O) groups excluding carboxylic acids is 1. The van der Waals surface area contributed by atoms with Crippen molar-refractivity contribution in [2.24, 2.45) is 0 Å². The smallest absolute Gasteiger partial charge is 0.255 e. The van der Waals surface area contributed by atoms with Crippen molar-refractivity contribution in [1.82, 2.24) is 4.98 Å². The molecule has 4 heteroatoms. The third-order valence-corrected chi connectivity index (χ3v) is 3.36. The topological polar surface area (TPSA) is 68.0 Å². The molecule has 0 aliphatic carbocycles. The third-order valence-electron chi connectivity index (χ3n) is 3.36. The van der Waals surface area contributed by atoms with E-state index in [4.69, 9.17) is 5.73 Å². The number of nitrogens with two attached hydrogens (primary N) is 1. The highest BCUT2D eigenvalue weighted by Gasteiger charge is 2.09. The Morgan fingerprint density at radius 3 is 2.62 bits per heavy atom. The lowest BCUT2D eigenvalue weighted by atomic mass is 10.1. The summed E-state index contributed by atoms with van der Waals surface area (Å²) in [6, 6.07) is 14.7. The lowest BCUT2D eigenvalue weighted by Gasteiger charge is -2.10. The van der Waals surface area contributed by atoms with Gasteiger partial charge in [-0.05, 0) is 43.3 Å². The van der Waals surface area contributed by atoms with E-state index in [0.717, 1.165) is 10.9 Å². The van der Waals surface area contributed by atoms with Crippen LogP contribution in [-0.4, -0.2) is 10.9 Å². The van der Waals surface area contributed by atoms with Crippen LogP contribution in [0.15, 0.2) is 54.7 Å². The summed E-state index contributed by atoms with van der Waals surface area (Å²) in [7, 11) is 0. The maximum atomic E-state index is 12.3. The van der Waals surface area contributed by atoms with Crippen LogP contribution in [0.2, 0.25) is 0 Å². The molecule has 3 rings (SSSR count). The molecule has 4 nitrogen and oxygen atoms in total. The fourth-order valence-electron chi connectivity index (χ4n) is 2.20. The molecule has 104 valence electrons. The predicted octanol–water partition coefficient (Wildman–Crippen LogP) is 3.38. The number of fused-ring (bicyclic) bond motifs is 1. The maximum Gasteiger partial charge on any atom is 0.255 e. The van der Waals surface area contributed by atoms with Gasteiger partial charge in [0.1, 0.15) is 0 Å². The van der Waals surface area contributed by atoms with Crippen molar-refractivity contribution in [2.75, 3.05) is 11.1 Å². The average Bonchev–Trinajstić information content (AvgIpc) is 2.51. The van der Waals surface area contributed by atoms with Crippen LogP contribution in [0, 0.1) is 6.92 Å². The Morgan fingerprint density at radius 1 is 1.10 bits per heavy atom. The molecule has 3 aromatic rings. The molecule has 1 heterocycles. The van der Waals surface area contributed by atoms with Gasteiger partial charge in [-0.2, -0.15) is 0 Å². The van der Waals surface area contributed by atoms with E-state index < -0.39 is 0 Å². The van der Waals surface area contributed by atoms with Gasteiger partial charge in [-0.3, -0.25) is 9.78 Å². The van der Waals surface area contributed by atoms with Crippen LogP contribution in [0.5, 0.6) is 0 Å². The maximum absolute atomic E-state index is 12.3. The zero-order chi connectivity index (χ0) is 14.8. The number of carbonyl (C=O) groups is 1. The van der Waals surface area contributed by atoms with E-state index in [1.165, 1.54) is 0 Å². The first-order chi connectivity index (χ1) is 10.1. The number of pyridine rings is 1. The quantitative estimate of drug-likeness (QED) is 0.706. The van der Waals surface area contributed by atoms with Gasteiger partial charge in [0.2, 0.25) is 0 Å². The highest BCUT2D eigenvalue weighted by atomic mass is 16.1. The number of nitrogens with one attached hydrogen (secondary N) is 1. The number of aromatic nitrogens is 1. The molecular formula is C17H15N3O. The van der Waals surface area contributed by atoms with Gasteiger partial charge in [-0.25, -0.2) is 0 Å². The fraction of sp³-hybridized carbons (Fsp3) is 0.0588. The van der Waals surface area contributed by atoms with Gasteiger partial charge in [0.15, 0.2) is 0 Å². The molecule has 2 aromatic carbocycles. The molecular weight excluding hydrogens is 262 g/mol. The van der Waals surface area contributed by atoms with Crippen LogP contribution in [0.3, 0.4) is 0 Å². The van der Waals surface area contributed by atoms with Crippen LogP contribution in [-0.2, 0) is 0 Å². The molecule has 0 fully saturated rings. The largest absolute Gasteiger partial charge is 0.397 e. The standard InChI is InChI=1S/C17H15N3O/c1-11-4-6-12(7-5-11)17(21)20-15-9-8-14(18)16-13(15)3-2-10-19-16/h2-10H,18H2,1H3,(H,20,21). The minimum Gasteiger partial charge on any atom is -0.397 e. The predicted molar refractivity (Wildman–Crippen MR) is 85.3 cm³/mol. The zero-order valence-electron chi connectivity index (χ0n) is 11.6.